The molecule has 0 bridgehead atoms. The molecule has 20 heavy (non-hydrogen) atoms. The van der Waals surface area contributed by atoms with Crippen molar-refractivity contribution in [2.45, 2.75) is 26.7 Å². The minimum Gasteiger partial charge on any atom is -0.481 e. The predicted octanol–water partition coefficient (Wildman–Crippen LogP) is 0.998. The highest BCUT2D eigenvalue weighted by atomic mass is 16.4. The minimum absolute atomic E-state index is 0.139. The Hall–Kier alpha value is -2.05. The largest absolute Gasteiger partial charge is 0.481 e. The minimum atomic E-state index is -0.880. The van der Waals surface area contributed by atoms with Gasteiger partial charge in [0, 0.05) is 31.9 Å². The van der Waals surface area contributed by atoms with Gasteiger partial charge in [0.05, 0.1) is 5.92 Å². The zero-order chi connectivity index (χ0) is 15.0. The third-order valence-electron chi connectivity index (χ3n) is 2.82. The van der Waals surface area contributed by atoms with Crippen LogP contribution >= 0.6 is 0 Å². The van der Waals surface area contributed by atoms with Crippen LogP contribution in [0.25, 0.3) is 0 Å². The molecule has 0 fully saturated rings. The first-order valence-corrected chi connectivity index (χ1v) is 6.71. The van der Waals surface area contributed by atoms with Crippen LogP contribution in [0.15, 0.2) is 12.4 Å². The molecule has 2 amide bonds. The smallest absolute Gasteiger partial charge is 0.314 e. The number of nitrogens with one attached hydrogen (secondary N) is 3. The summed E-state index contributed by atoms with van der Waals surface area (Å²) in [6.45, 7) is 4.50. The molecule has 1 heterocycles. The molecule has 1 atom stereocenters. The maximum absolute atomic E-state index is 11.5. The van der Waals surface area contributed by atoms with E-state index in [4.69, 9.17) is 5.11 Å². The molecule has 112 valence electrons. The Bertz CT molecular complexity index is 417. The number of amides is 2. The first-order chi connectivity index (χ1) is 9.49. The average Bonchev–Trinajstić information content (AvgIpc) is 2.86. The van der Waals surface area contributed by atoms with Crippen LogP contribution in [-0.4, -0.2) is 40.2 Å². The number of aromatic nitrogens is 2. The number of imidazole rings is 1. The molecule has 0 aliphatic heterocycles. The Morgan fingerprint density at radius 3 is 2.70 bits per heavy atom. The van der Waals surface area contributed by atoms with Crippen LogP contribution in [0, 0.1) is 11.8 Å². The lowest BCUT2D eigenvalue weighted by molar-refractivity contribution is -0.142. The molecule has 0 saturated heterocycles. The van der Waals surface area contributed by atoms with Crippen molar-refractivity contribution in [3.8, 4) is 0 Å². The number of nitrogens with zero attached hydrogens (tertiary/aromatic N) is 1. The van der Waals surface area contributed by atoms with Crippen molar-refractivity contribution in [3.05, 3.63) is 18.2 Å². The Labute approximate surface area is 118 Å². The lowest BCUT2D eigenvalue weighted by Crippen LogP contribution is -2.41. The average molecular weight is 282 g/mol. The standard InChI is InChI=1S/C13H22N4O3/c1-9(2)7-10(12(18)19)8-17-13(20)16-4-3-11-14-5-6-15-11/h5-6,9-10H,3-4,7-8H2,1-2H3,(H,14,15)(H,18,19)(H2,16,17,20). The van der Waals surface area contributed by atoms with Gasteiger partial charge in [-0.1, -0.05) is 13.8 Å². The van der Waals surface area contributed by atoms with Crippen LogP contribution in [0.5, 0.6) is 0 Å². The molecule has 0 radical (unpaired) electrons. The van der Waals surface area contributed by atoms with Crippen molar-refractivity contribution >= 4 is 12.0 Å². The number of carbonyl (C=O) groups is 2. The van der Waals surface area contributed by atoms with Gasteiger partial charge in [-0.25, -0.2) is 9.78 Å². The first-order valence-electron chi connectivity index (χ1n) is 6.71. The van der Waals surface area contributed by atoms with Crippen LogP contribution in [0.3, 0.4) is 0 Å². The van der Waals surface area contributed by atoms with Gasteiger partial charge in [0.1, 0.15) is 5.82 Å². The topological polar surface area (TPSA) is 107 Å². The number of rotatable bonds is 8. The highest BCUT2D eigenvalue weighted by molar-refractivity contribution is 5.75. The molecule has 7 nitrogen and oxygen atoms in total. The van der Waals surface area contributed by atoms with Gasteiger partial charge < -0.3 is 20.7 Å². The van der Waals surface area contributed by atoms with Gasteiger partial charge in [0.15, 0.2) is 0 Å². The molecule has 1 unspecified atom stereocenters. The first kappa shape index (κ1) is 16.0. The number of H-pyrrole nitrogens is 1. The van der Waals surface area contributed by atoms with Crippen LogP contribution in [-0.2, 0) is 11.2 Å². The van der Waals surface area contributed by atoms with Crippen molar-refractivity contribution in [1.29, 1.82) is 0 Å². The number of carboxylic acids is 1. The van der Waals surface area contributed by atoms with Crippen LogP contribution in [0.2, 0.25) is 0 Å². The molecule has 0 aliphatic rings. The summed E-state index contributed by atoms with van der Waals surface area (Å²) in [6.07, 6.45) is 4.52. The molecule has 4 N–H and O–H groups in total. The lowest BCUT2D eigenvalue weighted by atomic mass is 9.97. The fourth-order valence-electron chi connectivity index (χ4n) is 1.85. The molecular weight excluding hydrogens is 260 g/mol. The van der Waals surface area contributed by atoms with E-state index in [-0.39, 0.29) is 18.5 Å². The van der Waals surface area contributed by atoms with Crippen molar-refractivity contribution in [3.63, 3.8) is 0 Å². The summed E-state index contributed by atoms with van der Waals surface area (Å²) in [4.78, 5) is 29.5. The maximum atomic E-state index is 11.5. The highest BCUT2D eigenvalue weighted by Crippen LogP contribution is 2.10. The lowest BCUT2D eigenvalue weighted by Gasteiger charge is -2.15. The van der Waals surface area contributed by atoms with Crippen LogP contribution in [0.4, 0.5) is 4.79 Å². The van der Waals surface area contributed by atoms with E-state index in [9.17, 15) is 9.59 Å². The monoisotopic (exact) mass is 282 g/mol. The van der Waals surface area contributed by atoms with Crippen molar-refractivity contribution < 1.29 is 14.7 Å². The highest BCUT2D eigenvalue weighted by Gasteiger charge is 2.19. The second kappa shape index (κ2) is 8.19. The van der Waals surface area contributed by atoms with Crippen LogP contribution < -0.4 is 10.6 Å². The number of aliphatic carboxylic acids is 1. The Balaban J connectivity index is 2.22. The third-order valence-corrected chi connectivity index (χ3v) is 2.82. The fraction of sp³-hybridized carbons (Fsp3) is 0.615. The van der Waals surface area contributed by atoms with E-state index in [1.807, 2.05) is 13.8 Å². The quantitative estimate of drug-likeness (QED) is 0.570. The summed E-state index contributed by atoms with van der Waals surface area (Å²) < 4.78 is 0. The van der Waals surface area contributed by atoms with Gasteiger partial charge >= 0.3 is 12.0 Å². The second-order valence-corrected chi connectivity index (χ2v) is 5.09. The summed E-state index contributed by atoms with van der Waals surface area (Å²) in [5.74, 6) is -0.353. The van der Waals surface area contributed by atoms with Gasteiger partial charge in [-0.05, 0) is 12.3 Å². The summed E-state index contributed by atoms with van der Waals surface area (Å²) in [5, 5.41) is 14.3. The molecule has 1 aromatic heterocycles. The Morgan fingerprint density at radius 2 is 2.15 bits per heavy atom. The number of carbonyl (C=O) groups excluding carboxylic acids is 1. The molecule has 0 spiro atoms. The number of carboxylic acid groups (broad SMARTS) is 1. The SMILES string of the molecule is CC(C)CC(CNC(=O)NCCc1ncc[nH]1)C(=O)O. The van der Waals surface area contributed by atoms with Gasteiger partial charge in [0.2, 0.25) is 0 Å². The molecular formula is C13H22N4O3. The zero-order valence-electron chi connectivity index (χ0n) is 11.8. The van der Waals surface area contributed by atoms with E-state index < -0.39 is 11.9 Å². The third kappa shape index (κ3) is 6.21. The second-order valence-electron chi connectivity index (χ2n) is 5.09. The van der Waals surface area contributed by atoms with Gasteiger partial charge in [-0.2, -0.15) is 0 Å². The normalized spacial score (nSPS) is 12.2. The van der Waals surface area contributed by atoms with E-state index in [0.717, 1.165) is 5.82 Å². The van der Waals surface area contributed by atoms with E-state index >= 15 is 0 Å². The summed E-state index contributed by atoms with van der Waals surface area (Å²) in [6, 6.07) is -0.355. The molecule has 7 heteroatoms. The van der Waals surface area contributed by atoms with Gasteiger partial charge in [-0.3, -0.25) is 4.79 Å². The van der Waals surface area contributed by atoms with E-state index in [1.54, 1.807) is 12.4 Å². The predicted molar refractivity (Wildman–Crippen MR) is 74.3 cm³/mol. The molecule has 0 aliphatic carbocycles. The molecule has 1 aromatic rings. The Morgan fingerprint density at radius 1 is 1.40 bits per heavy atom. The Kier molecular flexibility index (Phi) is 6.55. The number of aromatic amines is 1. The van der Waals surface area contributed by atoms with Gasteiger partial charge in [0.25, 0.3) is 0 Å². The molecule has 0 aromatic carbocycles. The van der Waals surface area contributed by atoms with Crippen LogP contribution in [0.1, 0.15) is 26.1 Å². The van der Waals surface area contributed by atoms with E-state index in [1.165, 1.54) is 0 Å². The van der Waals surface area contributed by atoms with Gasteiger partial charge in [-0.15, -0.1) is 0 Å². The van der Waals surface area contributed by atoms with Crippen molar-refractivity contribution in [2.24, 2.45) is 11.8 Å². The number of hydrogen-bond donors (Lipinski definition) is 4. The summed E-state index contributed by atoms with van der Waals surface area (Å²) in [7, 11) is 0. The zero-order valence-corrected chi connectivity index (χ0v) is 11.8. The fourth-order valence-corrected chi connectivity index (χ4v) is 1.85. The van der Waals surface area contributed by atoms with Crippen molar-refractivity contribution in [2.75, 3.05) is 13.1 Å². The maximum Gasteiger partial charge on any atom is 0.314 e. The van der Waals surface area contributed by atoms with E-state index in [0.29, 0.717) is 19.4 Å². The molecule has 1 rings (SSSR count). The summed E-state index contributed by atoms with van der Waals surface area (Å²) in [5.41, 5.74) is 0. The number of urea groups is 1. The molecule has 0 saturated carbocycles. The van der Waals surface area contributed by atoms with E-state index in [2.05, 4.69) is 20.6 Å². The van der Waals surface area contributed by atoms with Crippen molar-refractivity contribution in [1.82, 2.24) is 20.6 Å². The summed E-state index contributed by atoms with van der Waals surface area (Å²) >= 11 is 0. The number of hydrogen-bond acceptors (Lipinski definition) is 3.